The molecule has 2 heterocycles. The number of rotatable bonds is 5. The van der Waals surface area contributed by atoms with E-state index in [1.54, 1.807) is 6.20 Å². The fraction of sp³-hybridized carbons (Fsp3) is 0.500. The second-order valence-corrected chi connectivity index (χ2v) is 6.41. The van der Waals surface area contributed by atoms with Crippen LogP contribution in [0.5, 0.6) is 0 Å². The number of aryl methyl sites for hydroxylation is 1. The Balaban J connectivity index is 0.00000225. The zero-order chi connectivity index (χ0) is 16.9. The van der Waals surface area contributed by atoms with Crippen molar-refractivity contribution >= 4 is 18.3 Å². The van der Waals surface area contributed by atoms with Crippen molar-refractivity contribution in [1.29, 1.82) is 0 Å². The Labute approximate surface area is 154 Å². The number of aromatic nitrogens is 3. The molecule has 0 spiro atoms. The molecule has 1 saturated heterocycles. The molecule has 3 rings (SSSR count). The molecule has 1 aliphatic rings. The quantitative estimate of drug-likeness (QED) is 0.856. The molecule has 25 heavy (non-hydrogen) atoms. The number of carbonyl (C=O) groups excluding carboxylic acids is 1. The SMILES string of the molecule is CCC(NC(=O)c1cn(C2CCNCC2)nn1)c1ccc(C)cc1.Cl. The minimum Gasteiger partial charge on any atom is -0.344 e. The fourth-order valence-corrected chi connectivity index (χ4v) is 3.08. The van der Waals surface area contributed by atoms with Crippen LogP contribution >= 0.6 is 12.4 Å². The lowest BCUT2D eigenvalue weighted by atomic mass is 10.0. The summed E-state index contributed by atoms with van der Waals surface area (Å²) < 4.78 is 1.84. The van der Waals surface area contributed by atoms with Crippen molar-refractivity contribution in [3.63, 3.8) is 0 Å². The van der Waals surface area contributed by atoms with E-state index in [1.165, 1.54) is 5.56 Å². The fourth-order valence-electron chi connectivity index (χ4n) is 3.08. The van der Waals surface area contributed by atoms with Gasteiger partial charge in [0.25, 0.3) is 5.91 Å². The first-order valence-corrected chi connectivity index (χ1v) is 8.67. The van der Waals surface area contributed by atoms with Gasteiger partial charge in [-0.2, -0.15) is 0 Å². The topological polar surface area (TPSA) is 71.8 Å². The molecule has 0 saturated carbocycles. The van der Waals surface area contributed by atoms with Gasteiger partial charge in [0, 0.05) is 0 Å². The van der Waals surface area contributed by atoms with Crippen molar-refractivity contribution in [3.05, 3.63) is 47.3 Å². The van der Waals surface area contributed by atoms with Gasteiger partial charge in [-0.1, -0.05) is 42.0 Å². The van der Waals surface area contributed by atoms with E-state index in [2.05, 4.69) is 59.1 Å². The monoisotopic (exact) mass is 363 g/mol. The number of hydrogen-bond donors (Lipinski definition) is 2. The first kappa shape index (κ1) is 19.4. The molecule has 7 heteroatoms. The van der Waals surface area contributed by atoms with Gasteiger partial charge < -0.3 is 10.6 Å². The van der Waals surface area contributed by atoms with Crippen LogP contribution in [0.15, 0.2) is 30.5 Å². The lowest BCUT2D eigenvalue weighted by Crippen LogP contribution is -2.30. The predicted octanol–water partition coefficient (Wildman–Crippen LogP) is 2.81. The van der Waals surface area contributed by atoms with Crippen LogP contribution in [0, 0.1) is 6.92 Å². The third-order valence-electron chi connectivity index (χ3n) is 4.62. The highest BCUT2D eigenvalue weighted by Gasteiger charge is 2.20. The van der Waals surface area contributed by atoms with E-state index in [1.807, 2.05) is 4.68 Å². The van der Waals surface area contributed by atoms with Crippen LogP contribution in [0.1, 0.15) is 59.9 Å². The summed E-state index contributed by atoms with van der Waals surface area (Å²) in [6.07, 6.45) is 4.64. The van der Waals surface area contributed by atoms with Gasteiger partial charge in [0.15, 0.2) is 5.69 Å². The Bertz CT molecular complexity index is 679. The second-order valence-electron chi connectivity index (χ2n) is 6.41. The van der Waals surface area contributed by atoms with E-state index in [4.69, 9.17) is 0 Å². The van der Waals surface area contributed by atoms with E-state index in [0.29, 0.717) is 11.7 Å². The lowest BCUT2D eigenvalue weighted by Gasteiger charge is -2.22. The maximum Gasteiger partial charge on any atom is 0.273 e. The minimum absolute atomic E-state index is 0. The smallest absolute Gasteiger partial charge is 0.273 e. The molecule has 1 aromatic heterocycles. The number of benzene rings is 1. The molecule has 1 aliphatic heterocycles. The summed E-state index contributed by atoms with van der Waals surface area (Å²) in [4.78, 5) is 12.5. The first-order chi connectivity index (χ1) is 11.7. The highest BCUT2D eigenvalue weighted by atomic mass is 35.5. The average Bonchev–Trinajstić information content (AvgIpc) is 3.11. The van der Waals surface area contributed by atoms with Crippen molar-refractivity contribution in [2.24, 2.45) is 0 Å². The third kappa shape index (κ3) is 4.80. The van der Waals surface area contributed by atoms with Gasteiger partial charge in [0.05, 0.1) is 18.3 Å². The van der Waals surface area contributed by atoms with Crippen LogP contribution in [-0.4, -0.2) is 34.0 Å². The van der Waals surface area contributed by atoms with Crippen molar-refractivity contribution in [3.8, 4) is 0 Å². The van der Waals surface area contributed by atoms with Crippen LogP contribution < -0.4 is 10.6 Å². The summed E-state index contributed by atoms with van der Waals surface area (Å²) in [5.41, 5.74) is 2.71. The van der Waals surface area contributed by atoms with E-state index in [-0.39, 0.29) is 24.4 Å². The molecule has 1 unspecified atom stereocenters. The number of nitrogens with one attached hydrogen (secondary N) is 2. The zero-order valence-corrected chi connectivity index (χ0v) is 15.6. The molecule has 1 fully saturated rings. The van der Waals surface area contributed by atoms with Crippen LogP contribution in [0.4, 0.5) is 0 Å². The van der Waals surface area contributed by atoms with Gasteiger partial charge in [-0.15, -0.1) is 17.5 Å². The van der Waals surface area contributed by atoms with E-state index >= 15 is 0 Å². The summed E-state index contributed by atoms with van der Waals surface area (Å²) in [5.74, 6) is -0.164. The van der Waals surface area contributed by atoms with Crippen molar-refractivity contribution < 1.29 is 4.79 Å². The molecular weight excluding hydrogens is 338 g/mol. The molecule has 0 bridgehead atoms. The number of piperidine rings is 1. The van der Waals surface area contributed by atoms with Crippen molar-refractivity contribution in [1.82, 2.24) is 25.6 Å². The van der Waals surface area contributed by atoms with Gasteiger partial charge in [0.1, 0.15) is 0 Å². The largest absolute Gasteiger partial charge is 0.344 e. The molecule has 1 amide bonds. The van der Waals surface area contributed by atoms with Gasteiger partial charge in [-0.3, -0.25) is 4.79 Å². The summed E-state index contributed by atoms with van der Waals surface area (Å²) in [7, 11) is 0. The Morgan fingerprint density at radius 2 is 2.00 bits per heavy atom. The molecular formula is C18H26ClN5O. The van der Waals surface area contributed by atoms with Gasteiger partial charge >= 0.3 is 0 Å². The molecule has 2 N–H and O–H groups in total. The number of carbonyl (C=O) groups is 1. The molecule has 0 aliphatic carbocycles. The minimum atomic E-state index is -0.164. The molecule has 1 aromatic carbocycles. The van der Waals surface area contributed by atoms with Gasteiger partial charge in [-0.05, 0) is 44.8 Å². The summed E-state index contributed by atoms with van der Waals surface area (Å²) >= 11 is 0. The van der Waals surface area contributed by atoms with Crippen LogP contribution in [0.2, 0.25) is 0 Å². The van der Waals surface area contributed by atoms with E-state index in [9.17, 15) is 4.79 Å². The van der Waals surface area contributed by atoms with Crippen molar-refractivity contribution in [2.75, 3.05) is 13.1 Å². The Morgan fingerprint density at radius 1 is 1.32 bits per heavy atom. The average molecular weight is 364 g/mol. The maximum absolute atomic E-state index is 12.5. The van der Waals surface area contributed by atoms with E-state index in [0.717, 1.165) is 37.9 Å². The highest BCUT2D eigenvalue weighted by Crippen LogP contribution is 2.19. The maximum atomic E-state index is 12.5. The number of amides is 1. The summed E-state index contributed by atoms with van der Waals surface area (Å²) in [6.45, 7) is 6.09. The highest BCUT2D eigenvalue weighted by molar-refractivity contribution is 5.92. The van der Waals surface area contributed by atoms with Crippen LogP contribution in [-0.2, 0) is 0 Å². The van der Waals surface area contributed by atoms with Gasteiger partial charge in [0.2, 0.25) is 0 Å². The Kier molecular flexibility index (Phi) is 6.96. The number of hydrogen-bond acceptors (Lipinski definition) is 4. The lowest BCUT2D eigenvalue weighted by molar-refractivity contribution is 0.0930. The summed E-state index contributed by atoms with van der Waals surface area (Å²) in [5, 5.41) is 14.6. The Hall–Kier alpha value is -1.92. The van der Waals surface area contributed by atoms with Crippen molar-refractivity contribution in [2.45, 2.75) is 45.2 Å². The number of halogens is 1. The van der Waals surface area contributed by atoms with Crippen LogP contribution in [0.3, 0.4) is 0 Å². The zero-order valence-electron chi connectivity index (χ0n) is 14.7. The van der Waals surface area contributed by atoms with E-state index < -0.39 is 0 Å². The normalized spacial score (nSPS) is 16.1. The van der Waals surface area contributed by atoms with Crippen LogP contribution in [0.25, 0.3) is 0 Å². The number of nitrogens with zero attached hydrogens (tertiary/aromatic N) is 3. The second kappa shape index (κ2) is 8.97. The molecule has 2 aromatic rings. The Morgan fingerprint density at radius 3 is 2.64 bits per heavy atom. The third-order valence-corrected chi connectivity index (χ3v) is 4.62. The summed E-state index contributed by atoms with van der Waals surface area (Å²) in [6, 6.07) is 8.59. The first-order valence-electron chi connectivity index (χ1n) is 8.67. The predicted molar refractivity (Wildman–Crippen MR) is 100 cm³/mol. The molecule has 136 valence electrons. The molecule has 1 atom stereocenters. The standard InChI is InChI=1S/C18H25N5O.ClH/c1-3-16(14-6-4-13(2)5-7-14)20-18(24)17-12-23(22-21-17)15-8-10-19-11-9-15;/h4-7,12,15-16,19H,3,8-11H2,1-2H3,(H,20,24);1H. The molecule has 0 radical (unpaired) electrons. The molecule has 6 nitrogen and oxygen atoms in total. The van der Waals surface area contributed by atoms with Gasteiger partial charge in [-0.25, -0.2) is 4.68 Å².